The second-order valence-corrected chi connectivity index (χ2v) is 4.00. The van der Waals surface area contributed by atoms with Crippen molar-refractivity contribution in [3.05, 3.63) is 0 Å². The normalized spacial score (nSPS) is 13.1. The molecule has 14 heavy (non-hydrogen) atoms. The maximum Gasteiger partial charge on any atom is 0.0590 e. The molecule has 0 saturated heterocycles. The van der Waals surface area contributed by atoms with Crippen molar-refractivity contribution in [1.82, 2.24) is 5.32 Å². The molecule has 0 fully saturated rings. The largest absolute Gasteiger partial charge is 0.380 e. The summed E-state index contributed by atoms with van der Waals surface area (Å²) in [5.74, 6) is 0.828. The van der Waals surface area contributed by atoms with Crippen LogP contribution in [0.1, 0.15) is 46.5 Å². The van der Waals surface area contributed by atoms with Crippen molar-refractivity contribution in [3.63, 3.8) is 0 Å². The zero-order valence-electron chi connectivity index (χ0n) is 10.1. The Morgan fingerprint density at radius 1 is 1.14 bits per heavy atom. The quantitative estimate of drug-likeness (QED) is 0.549. The van der Waals surface area contributed by atoms with Crippen LogP contribution < -0.4 is 5.32 Å². The predicted octanol–water partition coefficient (Wildman–Crippen LogP) is 2.83. The fourth-order valence-electron chi connectivity index (χ4n) is 1.40. The summed E-state index contributed by atoms with van der Waals surface area (Å²) in [4.78, 5) is 0. The molecule has 0 amide bonds. The SMILES string of the molecule is CCCCC(C)CCOCCNCC. The molecular formula is C12H27NO. The molecule has 86 valence electrons. The third kappa shape index (κ3) is 10.0. The highest BCUT2D eigenvalue weighted by Crippen LogP contribution is 2.11. The molecule has 1 N–H and O–H groups in total. The summed E-state index contributed by atoms with van der Waals surface area (Å²) >= 11 is 0. The average molecular weight is 201 g/mol. The maximum atomic E-state index is 5.52. The number of rotatable bonds is 10. The Morgan fingerprint density at radius 3 is 2.57 bits per heavy atom. The second-order valence-electron chi connectivity index (χ2n) is 4.00. The second kappa shape index (κ2) is 11.0. The molecule has 0 heterocycles. The first-order valence-corrected chi connectivity index (χ1v) is 6.09. The van der Waals surface area contributed by atoms with E-state index in [4.69, 9.17) is 4.74 Å². The molecule has 0 aromatic carbocycles. The van der Waals surface area contributed by atoms with Gasteiger partial charge in [-0.05, 0) is 18.9 Å². The van der Waals surface area contributed by atoms with Crippen molar-refractivity contribution in [1.29, 1.82) is 0 Å². The van der Waals surface area contributed by atoms with Gasteiger partial charge in [0.1, 0.15) is 0 Å². The first kappa shape index (κ1) is 13.9. The third-order valence-electron chi connectivity index (χ3n) is 2.48. The lowest BCUT2D eigenvalue weighted by atomic mass is 10.0. The van der Waals surface area contributed by atoms with E-state index in [9.17, 15) is 0 Å². The Bertz CT molecular complexity index is 106. The molecule has 0 aromatic rings. The van der Waals surface area contributed by atoms with Crippen LogP contribution in [0.15, 0.2) is 0 Å². The smallest absolute Gasteiger partial charge is 0.0590 e. The van der Waals surface area contributed by atoms with Gasteiger partial charge in [0.25, 0.3) is 0 Å². The zero-order valence-corrected chi connectivity index (χ0v) is 10.1. The molecule has 1 atom stereocenters. The van der Waals surface area contributed by atoms with Crippen molar-refractivity contribution in [2.45, 2.75) is 46.5 Å². The lowest BCUT2D eigenvalue weighted by Crippen LogP contribution is -2.19. The maximum absolute atomic E-state index is 5.52. The molecular weight excluding hydrogens is 174 g/mol. The van der Waals surface area contributed by atoms with Gasteiger partial charge >= 0.3 is 0 Å². The van der Waals surface area contributed by atoms with Gasteiger partial charge in [0, 0.05) is 13.2 Å². The molecule has 1 unspecified atom stereocenters. The van der Waals surface area contributed by atoms with Gasteiger partial charge in [-0.25, -0.2) is 0 Å². The van der Waals surface area contributed by atoms with Gasteiger partial charge < -0.3 is 10.1 Å². The summed E-state index contributed by atoms with van der Waals surface area (Å²) in [6.07, 6.45) is 5.24. The van der Waals surface area contributed by atoms with Crippen molar-refractivity contribution in [3.8, 4) is 0 Å². The van der Waals surface area contributed by atoms with Crippen LogP contribution in [-0.2, 0) is 4.74 Å². The van der Waals surface area contributed by atoms with Crippen molar-refractivity contribution in [2.75, 3.05) is 26.3 Å². The van der Waals surface area contributed by atoms with Crippen LogP contribution in [0.4, 0.5) is 0 Å². The molecule has 0 aliphatic carbocycles. The average Bonchev–Trinajstić information content (AvgIpc) is 2.20. The lowest BCUT2D eigenvalue weighted by Gasteiger charge is -2.10. The molecule has 0 rings (SSSR count). The van der Waals surface area contributed by atoms with Gasteiger partial charge in [-0.1, -0.05) is 40.0 Å². The summed E-state index contributed by atoms with van der Waals surface area (Å²) in [6, 6.07) is 0. The Morgan fingerprint density at radius 2 is 1.93 bits per heavy atom. The molecule has 2 nitrogen and oxygen atoms in total. The topological polar surface area (TPSA) is 21.3 Å². The van der Waals surface area contributed by atoms with Crippen LogP contribution in [0.25, 0.3) is 0 Å². The highest BCUT2D eigenvalue weighted by Gasteiger charge is 2.00. The highest BCUT2D eigenvalue weighted by molar-refractivity contribution is 4.52. The summed E-state index contributed by atoms with van der Waals surface area (Å²) in [5.41, 5.74) is 0. The first-order chi connectivity index (χ1) is 6.81. The number of ether oxygens (including phenoxy) is 1. The predicted molar refractivity (Wildman–Crippen MR) is 62.7 cm³/mol. The fraction of sp³-hybridized carbons (Fsp3) is 1.00. The van der Waals surface area contributed by atoms with Gasteiger partial charge in [0.2, 0.25) is 0 Å². The van der Waals surface area contributed by atoms with Crippen molar-refractivity contribution < 1.29 is 4.74 Å². The standard InChI is InChI=1S/C12H27NO/c1-4-6-7-12(3)8-10-14-11-9-13-5-2/h12-13H,4-11H2,1-3H3. The molecule has 2 heteroatoms. The molecule has 0 bridgehead atoms. The van der Waals surface area contributed by atoms with E-state index in [1.165, 1.54) is 25.7 Å². The molecule has 0 spiro atoms. The summed E-state index contributed by atoms with van der Waals surface area (Å²) < 4.78 is 5.52. The first-order valence-electron chi connectivity index (χ1n) is 6.09. The summed E-state index contributed by atoms with van der Waals surface area (Å²) in [6.45, 7) is 10.5. The minimum atomic E-state index is 0.828. The van der Waals surface area contributed by atoms with Crippen LogP contribution in [0.2, 0.25) is 0 Å². The van der Waals surface area contributed by atoms with E-state index < -0.39 is 0 Å². The molecule has 0 saturated carbocycles. The van der Waals surface area contributed by atoms with Crippen LogP contribution in [0.3, 0.4) is 0 Å². The summed E-state index contributed by atoms with van der Waals surface area (Å²) in [7, 11) is 0. The molecule has 0 aliphatic heterocycles. The monoisotopic (exact) mass is 201 g/mol. The number of hydrogen-bond acceptors (Lipinski definition) is 2. The van der Waals surface area contributed by atoms with Crippen LogP contribution in [-0.4, -0.2) is 26.3 Å². The Labute approximate surface area is 89.4 Å². The fourth-order valence-corrected chi connectivity index (χ4v) is 1.40. The third-order valence-corrected chi connectivity index (χ3v) is 2.48. The minimum absolute atomic E-state index is 0.828. The van der Waals surface area contributed by atoms with E-state index in [1.54, 1.807) is 0 Å². The number of likely N-dealkylation sites (N-methyl/N-ethyl adjacent to an activating group) is 1. The van der Waals surface area contributed by atoms with Gasteiger partial charge in [-0.15, -0.1) is 0 Å². The van der Waals surface area contributed by atoms with Gasteiger partial charge in [-0.3, -0.25) is 0 Å². The van der Waals surface area contributed by atoms with Gasteiger partial charge in [0.15, 0.2) is 0 Å². The van der Waals surface area contributed by atoms with Crippen molar-refractivity contribution >= 4 is 0 Å². The lowest BCUT2D eigenvalue weighted by molar-refractivity contribution is 0.122. The van der Waals surface area contributed by atoms with Gasteiger partial charge in [0.05, 0.1) is 6.61 Å². The van der Waals surface area contributed by atoms with E-state index >= 15 is 0 Å². The number of unbranched alkanes of at least 4 members (excludes halogenated alkanes) is 1. The van der Waals surface area contributed by atoms with E-state index in [2.05, 4.69) is 26.1 Å². The van der Waals surface area contributed by atoms with Crippen LogP contribution in [0.5, 0.6) is 0 Å². The van der Waals surface area contributed by atoms with Crippen LogP contribution >= 0.6 is 0 Å². The Hall–Kier alpha value is -0.0800. The van der Waals surface area contributed by atoms with Crippen LogP contribution in [0, 0.1) is 5.92 Å². The zero-order chi connectivity index (χ0) is 10.6. The highest BCUT2D eigenvalue weighted by atomic mass is 16.5. The minimum Gasteiger partial charge on any atom is -0.380 e. The van der Waals surface area contributed by atoms with E-state index in [0.717, 1.165) is 32.2 Å². The summed E-state index contributed by atoms with van der Waals surface area (Å²) in [5, 5.41) is 3.25. The van der Waals surface area contributed by atoms with E-state index in [-0.39, 0.29) is 0 Å². The number of nitrogens with one attached hydrogen (secondary N) is 1. The number of hydrogen-bond donors (Lipinski definition) is 1. The molecule has 0 aliphatic rings. The Kier molecular flexibility index (Phi) is 10.9. The van der Waals surface area contributed by atoms with E-state index in [1.807, 2.05) is 0 Å². The molecule has 0 aromatic heterocycles. The molecule has 0 radical (unpaired) electrons. The van der Waals surface area contributed by atoms with E-state index in [0.29, 0.717) is 0 Å². The van der Waals surface area contributed by atoms with Crippen molar-refractivity contribution in [2.24, 2.45) is 5.92 Å². The van der Waals surface area contributed by atoms with Gasteiger partial charge in [-0.2, -0.15) is 0 Å². The Balaban J connectivity index is 3.02.